The summed E-state index contributed by atoms with van der Waals surface area (Å²) in [5.41, 5.74) is 65.5. The number of H-pyrrole nitrogens is 1. The lowest BCUT2D eigenvalue weighted by Gasteiger charge is -2.18. The van der Waals surface area contributed by atoms with E-state index in [1.807, 2.05) is 0 Å². The number of guanidine groups is 1. The average Bonchev–Trinajstić information content (AvgIpc) is 1.21. The smallest absolute Gasteiger partial charge is 0.358 e. The van der Waals surface area contributed by atoms with E-state index in [-0.39, 0.29) is 179 Å². The molecule has 0 amide bonds. The largest absolute Gasteiger partial charge is 0.478 e. The fourth-order valence-corrected chi connectivity index (χ4v) is 13.6. The van der Waals surface area contributed by atoms with Crippen LogP contribution in [0.3, 0.4) is 0 Å². The summed E-state index contributed by atoms with van der Waals surface area (Å²) in [6.07, 6.45) is 10.5. The van der Waals surface area contributed by atoms with Crippen LogP contribution in [0.25, 0.3) is 90.6 Å². The first-order chi connectivity index (χ1) is 67.3. The molecule has 0 bridgehead atoms. The number of aromatic nitrogens is 22. The maximum atomic E-state index is 12.9. The Morgan fingerprint density at radius 1 is 0.411 bits per heavy atom. The number of carboxylic acid groups (broad SMARTS) is 5. The van der Waals surface area contributed by atoms with Crippen LogP contribution in [0.4, 0.5) is 87.0 Å². The number of nitrogen functional groups attached to an aromatic ring is 9. The summed E-state index contributed by atoms with van der Waals surface area (Å²) in [6, 6.07) is 33.1. The number of ketones is 4. The van der Waals surface area contributed by atoms with Crippen LogP contribution in [0.2, 0.25) is 0 Å². The first kappa shape index (κ1) is 94.3. The highest BCUT2D eigenvalue weighted by Gasteiger charge is 2.31. The van der Waals surface area contributed by atoms with Gasteiger partial charge in [0.1, 0.15) is 65.4 Å². The number of hydrogen-bond donors (Lipinski definition) is 19. The van der Waals surface area contributed by atoms with Crippen LogP contribution < -0.4 is 79.0 Å². The lowest BCUT2D eigenvalue weighted by Crippen LogP contribution is -2.32. The summed E-state index contributed by atoms with van der Waals surface area (Å²) in [5.74, 6) is -5.42. The molecule has 3 aliphatic rings. The number of carboxylic acids is 5. The van der Waals surface area contributed by atoms with Gasteiger partial charge in [0.15, 0.2) is 150 Å². The molecule has 0 saturated carbocycles. The SMILES string of the molecule is C=C1NC(Nc2nc(-c3ccc(C(=O)O)cc3)c(N)nc2C(=O)O)=Nc2nc[nH]c21.CC(=O)c1ccc(-c2nc(-c3ccc(N)cc3)c(-c3ccc(C(=O)O)cc3)nc2-n2ccc(N)nc2=O)cc1.CC(=O)c1nc(N)c(-n2cnc3c(N)ncnc32)nc1N.CC(=O)c1nc(N)c(-n2cnc3c2N=C(N)CC3=O)nc1N.Nc1nc(C(=O)O)c(Nc2ncnc3c2N=CC3)nc1-c1ccc(C(=O)O)cc1. The zero-order chi connectivity index (χ0) is 101. The summed E-state index contributed by atoms with van der Waals surface area (Å²) in [5, 5.41) is 54.9. The summed E-state index contributed by atoms with van der Waals surface area (Å²) in [4.78, 5) is 206. The lowest BCUT2D eigenvalue weighted by molar-refractivity contribution is 0.0680. The predicted octanol–water partition coefficient (Wildman–Crippen LogP) is 6.68. The molecule has 16 aromatic rings. The number of amidine groups is 1. The van der Waals surface area contributed by atoms with Crippen molar-refractivity contribution in [2.45, 2.75) is 33.6 Å². The Labute approximate surface area is 788 Å². The minimum absolute atomic E-state index is 0.0105. The normalized spacial score (nSPS) is 11.9. The van der Waals surface area contributed by atoms with Gasteiger partial charge in [-0.15, -0.1) is 0 Å². The van der Waals surface area contributed by atoms with Gasteiger partial charge in [-0.25, -0.2) is 123 Å². The summed E-state index contributed by atoms with van der Waals surface area (Å²) in [7, 11) is 0. The van der Waals surface area contributed by atoms with Crippen LogP contribution in [0.15, 0.2) is 192 Å². The number of nitrogens with two attached hydrogens (primary N) is 10. The van der Waals surface area contributed by atoms with Crippen molar-refractivity contribution in [1.29, 1.82) is 0 Å². The number of rotatable bonds is 19. The average molecular weight is 1900 g/mol. The molecule has 53 heteroatoms. The zero-order valence-corrected chi connectivity index (χ0v) is 73.1. The fourth-order valence-electron chi connectivity index (χ4n) is 13.6. The summed E-state index contributed by atoms with van der Waals surface area (Å²) >= 11 is 0. The molecule has 14 heterocycles. The van der Waals surface area contributed by atoms with Gasteiger partial charge in [-0.1, -0.05) is 79.4 Å². The van der Waals surface area contributed by atoms with Crippen molar-refractivity contribution in [3.63, 3.8) is 0 Å². The Balaban J connectivity index is 0.000000135. The number of aromatic carboxylic acids is 5. The summed E-state index contributed by atoms with van der Waals surface area (Å²) in [6.45, 7) is 7.97. The number of aliphatic imine (C=N–C) groups is 3. The number of hydrogen-bond acceptors (Lipinski definition) is 44. The lowest BCUT2D eigenvalue weighted by atomic mass is 10.0. The number of fused-ring (bicyclic) bond motifs is 4. The van der Waals surface area contributed by atoms with Crippen molar-refractivity contribution in [2.75, 3.05) is 62.2 Å². The Morgan fingerprint density at radius 3 is 1.43 bits per heavy atom. The second-order valence-electron chi connectivity index (χ2n) is 29.8. The topological polar surface area (TPSA) is 868 Å². The first-order valence-electron chi connectivity index (χ1n) is 40.7. The van der Waals surface area contributed by atoms with Crippen molar-refractivity contribution in [2.24, 2.45) is 20.7 Å². The minimum atomic E-state index is -1.35. The second-order valence-corrected chi connectivity index (χ2v) is 29.8. The van der Waals surface area contributed by atoms with Crippen molar-refractivity contribution < 1.29 is 68.7 Å². The molecular weight excluding hydrogens is 1830 g/mol. The molecule has 11 aromatic heterocycles. The maximum Gasteiger partial charge on any atom is 0.358 e. The van der Waals surface area contributed by atoms with Gasteiger partial charge < -0.3 is 104 Å². The number of benzene rings is 5. The summed E-state index contributed by atoms with van der Waals surface area (Å²) < 4.78 is 4.08. The Hall–Kier alpha value is -21.4. The molecule has 3 aliphatic heterocycles. The molecule has 0 atom stereocenters. The Morgan fingerprint density at radius 2 is 0.901 bits per heavy atom. The molecule has 53 nitrogen and oxygen atoms in total. The van der Waals surface area contributed by atoms with Gasteiger partial charge in [0.05, 0.1) is 52.2 Å². The standard InChI is InChI=1S/C29H22N6O4.C18H14N8O4.C18H13N7O4.C12H12N8O2.C11H11N9O/c1-16(36)17-2-4-20(5-3-17)26-27(35-15-14-23(31)32-29(35)39)34-25(18-6-8-21(9-7-18)28(37)38)24(33-26)19-10-12-22(30)13-11-19;1-7-10-14(21-6-20-10)25-18(22-7)26-15-12(17(29)30)23-13(19)11(24-15)8-2-4-9(5-3-8)16(27)28;19-14-11(8-1-3-9(4-2-8)17(26)27)24-16(13(23-14)18(28)29)25-15-12-10(5-6-20-12)21-7-22-15;1-4(21)7-9(14)19-12(10(15)18-7)20-3-16-8-5(22)2-6(13)17-11(8)20;1-4(21)5-8(13)19-11(9(14)18-5)20-3-17-6-7(12)15-2-16-10(6)20/h2-15H,30H2,1H3,(H,37,38)(H2,31,32,39);2-6H,1H2,(H2,19,23)(H,20,21)(H,27,28)(H,29,30)(H2,22,24,25,26);1-4,6-7H,5H2,(H2,19,23)(H,26,27)(H,28,29)(H,21,22,24,25);3H,2H2,1H3,(H2,13,17)(H2,14,19)(H2,15,18);2-3H,1H3,(H2,13,19)(H2,14,18)(H2,12,15,16). The molecular formula is C88H72N38O15. The molecule has 19 rings (SSSR count). The van der Waals surface area contributed by atoms with Crippen LogP contribution in [-0.2, 0) is 6.42 Å². The molecule has 0 unspecified atom stereocenters. The van der Waals surface area contributed by atoms with Crippen molar-refractivity contribution >= 4 is 175 Å². The van der Waals surface area contributed by atoms with Crippen LogP contribution in [0, 0.1) is 0 Å². The Bertz CT molecular complexity index is 8040. The van der Waals surface area contributed by atoms with E-state index in [1.54, 1.807) is 66.9 Å². The predicted molar refractivity (Wildman–Crippen MR) is 511 cm³/mol. The van der Waals surface area contributed by atoms with Gasteiger partial charge in [-0.05, 0) is 61.5 Å². The van der Waals surface area contributed by atoms with Crippen molar-refractivity contribution in [3.05, 3.63) is 244 Å². The third-order valence-corrected chi connectivity index (χ3v) is 20.4. The Kier molecular flexibility index (Phi) is 26.2. The first-order valence-corrected chi connectivity index (χ1v) is 40.7. The van der Waals surface area contributed by atoms with Crippen LogP contribution in [-0.4, -0.2) is 205 Å². The van der Waals surface area contributed by atoms with E-state index in [4.69, 9.17) is 77.5 Å². The molecule has 0 fully saturated rings. The minimum Gasteiger partial charge on any atom is -0.478 e. The van der Waals surface area contributed by atoms with Gasteiger partial charge in [-0.2, -0.15) is 9.98 Å². The quantitative estimate of drug-likeness (QED) is 0.0296. The molecule has 29 N–H and O–H groups in total. The maximum absolute atomic E-state index is 12.9. The van der Waals surface area contributed by atoms with Gasteiger partial charge in [0.25, 0.3) is 0 Å². The second kappa shape index (κ2) is 39.2. The van der Waals surface area contributed by atoms with E-state index < -0.39 is 41.2 Å². The number of carbonyl (C=O) groups is 9. The third-order valence-electron chi connectivity index (χ3n) is 20.4. The van der Waals surface area contributed by atoms with Crippen LogP contribution in [0.1, 0.15) is 132 Å². The number of anilines is 12. The number of imidazole rings is 3. The molecule has 0 aliphatic carbocycles. The molecule has 5 aromatic carbocycles. The fraction of sp³-hybridized carbons (Fsp3) is 0.0568. The van der Waals surface area contributed by atoms with E-state index >= 15 is 0 Å². The van der Waals surface area contributed by atoms with E-state index in [1.165, 1.54) is 139 Å². The van der Waals surface area contributed by atoms with Gasteiger partial charge in [0.2, 0.25) is 5.96 Å². The molecule has 0 radical (unpaired) electrons. The van der Waals surface area contributed by atoms with E-state index in [9.17, 15) is 63.3 Å². The van der Waals surface area contributed by atoms with Gasteiger partial charge >= 0.3 is 35.5 Å². The third kappa shape index (κ3) is 20.1. The van der Waals surface area contributed by atoms with E-state index in [0.717, 1.165) is 0 Å². The molecule has 704 valence electrons. The number of nitrogens with one attached hydrogen (secondary N) is 4. The highest BCUT2D eigenvalue weighted by atomic mass is 16.4. The van der Waals surface area contributed by atoms with Crippen LogP contribution >= 0.6 is 0 Å². The van der Waals surface area contributed by atoms with Crippen LogP contribution in [0.5, 0.6) is 0 Å². The van der Waals surface area contributed by atoms with Crippen molar-refractivity contribution in [1.82, 2.24) is 114 Å². The zero-order valence-electron chi connectivity index (χ0n) is 73.1. The molecule has 0 saturated heterocycles. The van der Waals surface area contributed by atoms with E-state index in [0.29, 0.717) is 102 Å². The van der Waals surface area contributed by atoms with Gasteiger partial charge in [0, 0.05) is 71.7 Å². The number of nitrogens with zero attached hydrogens (tertiary/aromatic N) is 24. The highest BCUT2D eigenvalue weighted by Crippen LogP contribution is 2.39. The monoisotopic (exact) mass is 1900 g/mol. The molecule has 141 heavy (non-hydrogen) atoms. The van der Waals surface area contributed by atoms with Gasteiger partial charge in [-0.3, -0.25) is 33.3 Å². The van der Waals surface area contributed by atoms with E-state index in [2.05, 4.69) is 122 Å². The number of Topliss-reactive ketones (excluding diaryl/α,β-unsaturated/α-hetero) is 4. The highest BCUT2D eigenvalue weighted by molar-refractivity contribution is 6.14. The molecule has 0 spiro atoms. The number of carbonyl (C=O) groups excluding carboxylic acids is 4. The van der Waals surface area contributed by atoms with Crippen molar-refractivity contribution in [3.8, 4) is 73.7 Å². The number of aromatic amines is 1.